The average Bonchev–Trinajstić information content (AvgIpc) is 2.36. The molecule has 0 spiro atoms. The standard InChI is InChI=1S/C13H21NO2S/c1-4-12(3)17(15,16)14-10-11(2)13-8-6-5-7-9-13/h5-9,11-12,14H,4,10H2,1-3H3/t11-,12?/m0/s1. The summed E-state index contributed by atoms with van der Waals surface area (Å²) in [6, 6.07) is 9.92. The van der Waals surface area contributed by atoms with Crippen LogP contribution in [0.1, 0.15) is 38.7 Å². The zero-order valence-electron chi connectivity index (χ0n) is 10.7. The zero-order chi connectivity index (χ0) is 12.9. The fraction of sp³-hybridized carbons (Fsp3) is 0.538. The molecule has 0 amide bonds. The van der Waals surface area contributed by atoms with E-state index in [1.54, 1.807) is 6.92 Å². The first-order chi connectivity index (χ1) is 7.97. The van der Waals surface area contributed by atoms with Gasteiger partial charge in [0, 0.05) is 6.54 Å². The second kappa shape index (κ2) is 6.17. The Balaban J connectivity index is 2.57. The minimum atomic E-state index is -3.16. The van der Waals surface area contributed by atoms with E-state index >= 15 is 0 Å². The van der Waals surface area contributed by atoms with Crippen molar-refractivity contribution in [3.63, 3.8) is 0 Å². The summed E-state index contributed by atoms with van der Waals surface area (Å²) < 4.78 is 26.3. The summed E-state index contributed by atoms with van der Waals surface area (Å²) in [7, 11) is -3.16. The second-order valence-electron chi connectivity index (χ2n) is 4.42. The highest BCUT2D eigenvalue weighted by Gasteiger charge is 2.19. The van der Waals surface area contributed by atoms with E-state index in [0.29, 0.717) is 13.0 Å². The predicted molar refractivity (Wildman–Crippen MR) is 71.5 cm³/mol. The average molecular weight is 255 g/mol. The first kappa shape index (κ1) is 14.2. The third-order valence-electron chi connectivity index (χ3n) is 3.06. The molecule has 0 aromatic heterocycles. The second-order valence-corrected chi connectivity index (χ2v) is 6.61. The van der Waals surface area contributed by atoms with E-state index in [0.717, 1.165) is 5.56 Å². The summed E-state index contributed by atoms with van der Waals surface area (Å²) in [4.78, 5) is 0. The lowest BCUT2D eigenvalue weighted by Gasteiger charge is -2.16. The van der Waals surface area contributed by atoms with Crippen LogP contribution in [0.3, 0.4) is 0 Å². The molecule has 0 saturated carbocycles. The third kappa shape index (κ3) is 4.13. The molecular weight excluding hydrogens is 234 g/mol. The molecule has 0 bridgehead atoms. The quantitative estimate of drug-likeness (QED) is 0.849. The zero-order valence-corrected chi connectivity index (χ0v) is 11.5. The molecular formula is C13H21NO2S. The van der Waals surface area contributed by atoms with Gasteiger partial charge in [-0.25, -0.2) is 13.1 Å². The number of rotatable bonds is 6. The Morgan fingerprint density at radius 1 is 1.18 bits per heavy atom. The van der Waals surface area contributed by atoms with E-state index in [-0.39, 0.29) is 11.2 Å². The van der Waals surface area contributed by atoms with Crippen molar-refractivity contribution in [1.29, 1.82) is 0 Å². The van der Waals surface area contributed by atoms with Crippen molar-refractivity contribution in [2.24, 2.45) is 0 Å². The molecule has 1 aromatic carbocycles. The van der Waals surface area contributed by atoms with E-state index in [1.807, 2.05) is 44.2 Å². The minimum absolute atomic E-state index is 0.190. The van der Waals surface area contributed by atoms with Crippen molar-refractivity contribution in [2.75, 3.05) is 6.54 Å². The molecule has 1 rings (SSSR count). The summed E-state index contributed by atoms with van der Waals surface area (Å²) in [5, 5.41) is -0.328. The highest BCUT2D eigenvalue weighted by Crippen LogP contribution is 2.14. The van der Waals surface area contributed by atoms with Crippen molar-refractivity contribution < 1.29 is 8.42 Å². The summed E-state index contributed by atoms with van der Waals surface area (Å²) in [6.45, 7) is 6.09. The summed E-state index contributed by atoms with van der Waals surface area (Å²) in [5.74, 6) is 0.190. The van der Waals surface area contributed by atoms with Gasteiger partial charge in [-0.3, -0.25) is 0 Å². The molecule has 0 radical (unpaired) electrons. The fourth-order valence-electron chi connectivity index (χ4n) is 1.50. The first-order valence-electron chi connectivity index (χ1n) is 6.00. The van der Waals surface area contributed by atoms with Gasteiger partial charge in [0.15, 0.2) is 0 Å². The molecule has 3 nitrogen and oxygen atoms in total. The van der Waals surface area contributed by atoms with Gasteiger partial charge in [0.2, 0.25) is 10.0 Å². The van der Waals surface area contributed by atoms with Crippen LogP contribution in [0.4, 0.5) is 0 Å². The molecule has 0 saturated heterocycles. The van der Waals surface area contributed by atoms with E-state index in [1.165, 1.54) is 0 Å². The smallest absolute Gasteiger partial charge is 0.214 e. The molecule has 17 heavy (non-hydrogen) atoms. The van der Waals surface area contributed by atoms with Crippen LogP contribution in [0.2, 0.25) is 0 Å². The normalized spacial score (nSPS) is 15.5. The monoisotopic (exact) mass is 255 g/mol. The van der Waals surface area contributed by atoms with Gasteiger partial charge in [-0.2, -0.15) is 0 Å². The van der Waals surface area contributed by atoms with Gasteiger partial charge in [-0.1, -0.05) is 44.2 Å². The summed E-state index contributed by atoms with van der Waals surface area (Å²) in [6.07, 6.45) is 0.634. The van der Waals surface area contributed by atoms with Crippen molar-refractivity contribution in [3.05, 3.63) is 35.9 Å². The first-order valence-corrected chi connectivity index (χ1v) is 7.55. The van der Waals surface area contributed by atoms with E-state index in [9.17, 15) is 8.42 Å². The Bertz CT molecular complexity index is 428. The van der Waals surface area contributed by atoms with Crippen LogP contribution in [0.15, 0.2) is 30.3 Å². The van der Waals surface area contributed by atoms with Crippen LogP contribution in [-0.4, -0.2) is 20.2 Å². The third-order valence-corrected chi connectivity index (χ3v) is 5.03. The summed E-state index contributed by atoms with van der Waals surface area (Å²) in [5.41, 5.74) is 1.15. The van der Waals surface area contributed by atoms with Gasteiger partial charge >= 0.3 is 0 Å². The maximum Gasteiger partial charge on any atom is 0.214 e. The lowest BCUT2D eigenvalue weighted by molar-refractivity contribution is 0.560. The molecule has 0 fully saturated rings. The number of hydrogen-bond acceptors (Lipinski definition) is 2. The lowest BCUT2D eigenvalue weighted by Crippen LogP contribution is -2.34. The van der Waals surface area contributed by atoms with Crippen LogP contribution in [0.5, 0.6) is 0 Å². The Hall–Kier alpha value is -0.870. The molecule has 4 heteroatoms. The maximum atomic E-state index is 11.8. The van der Waals surface area contributed by atoms with Crippen molar-refractivity contribution in [1.82, 2.24) is 4.72 Å². The number of hydrogen-bond donors (Lipinski definition) is 1. The Morgan fingerprint density at radius 3 is 2.29 bits per heavy atom. The van der Waals surface area contributed by atoms with E-state index in [2.05, 4.69) is 4.72 Å². The van der Waals surface area contributed by atoms with Gasteiger partial charge in [0.05, 0.1) is 5.25 Å². The Kier molecular flexibility index (Phi) is 5.15. The lowest BCUT2D eigenvalue weighted by atomic mass is 10.0. The Labute approximate surface area is 104 Å². The molecule has 1 N–H and O–H groups in total. The molecule has 96 valence electrons. The molecule has 0 heterocycles. The highest BCUT2D eigenvalue weighted by molar-refractivity contribution is 7.90. The van der Waals surface area contributed by atoms with Crippen molar-refractivity contribution in [3.8, 4) is 0 Å². The van der Waals surface area contributed by atoms with Gasteiger partial charge in [0.1, 0.15) is 0 Å². The van der Waals surface area contributed by atoms with Gasteiger partial charge in [0.25, 0.3) is 0 Å². The van der Waals surface area contributed by atoms with Gasteiger partial charge in [-0.15, -0.1) is 0 Å². The molecule has 0 aliphatic rings. The molecule has 0 aliphatic carbocycles. The topological polar surface area (TPSA) is 46.2 Å². The van der Waals surface area contributed by atoms with Crippen LogP contribution in [0.25, 0.3) is 0 Å². The van der Waals surface area contributed by atoms with Crippen LogP contribution >= 0.6 is 0 Å². The number of benzene rings is 1. The SMILES string of the molecule is CCC(C)S(=O)(=O)NC[C@H](C)c1ccccc1. The fourth-order valence-corrected chi connectivity index (χ4v) is 2.71. The molecule has 1 aromatic rings. The largest absolute Gasteiger partial charge is 0.214 e. The number of nitrogens with one attached hydrogen (secondary N) is 1. The molecule has 0 aliphatic heterocycles. The van der Waals surface area contributed by atoms with Crippen molar-refractivity contribution in [2.45, 2.75) is 38.4 Å². The number of sulfonamides is 1. The molecule has 1 unspecified atom stereocenters. The summed E-state index contributed by atoms with van der Waals surface area (Å²) >= 11 is 0. The van der Waals surface area contributed by atoms with Gasteiger partial charge in [-0.05, 0) is 24.8 Å². The van der Waals surface area contributed by atoms with Gasteiger partial charge < -0.3 is 0 Å². The minimum Gasteiger partial charge on any atom is -0.214 e. The van der Waals surface area contributed by atoms with Crippen LogP contribution < -0.4 is 4.72 Å². The predicted octanol–water partition coefficient (Wildman–Crippen LogP) is 2.51. The maximum absolute atomic E-state index is 11.8. The van der Waals surface area contributed by atoms with Crippen LogP contribution in [-0.2, 0) is 10.0 Å². The van der Waals surface area contributed by atoms with E-state index in [4.69, 9.17) is 0 Å². The Morgan fingerprint density at radius 2 is 1.76 bits per heavy atom. The highest BCUT2D eigenvalue weighted by atomic mass is 32.2. The van der Waals surface area contributed by atoms with E-state index < -0.39 is 10.0 Å². The van der Waals surface area contributed by atoms with Crippen molar-refractivity contribution >= 4 is 10.0 Å². The molecule has 2 atom stereocenters. The van der Waals surface area contributed by atoms with Crippen LogP contribution in [0, 0.1) is 0 Å².